The molecule has 0 saturated carbocycles. The molecule has 2 unspecified atom stereocenters. The van der Waals surface area contributed by atoms with Crippen molar-refractivity contribution in [2.24, 2.45) is 5.84 Å². The maximum absolute atomic E-state index is 10.9. The van der Waals surface area contributed by atoms with Gasteiger partial charge in [-0.15, -0.1) is 0 Å². The molecule has 7 nitrogen and oxygen atoms in total. The smallest absolute Gasteiger partial charge is 0.305 e. The lowest BCUT2D eigenvalue weighted by atomic mass is 10.1. The van der Waals surface area contributed by atoms with E-state index in [1.54, 1.807) is 0 Å². The highest BCUT2D eigenvalue weighted by Crippen LogP contribution is 2.21. The van der Waals surface area contributed by atoms with Gasteiger partial charge in [0.1, 0.15) is 18.1 Å². The van der Waals surface area contributed by atoms with E-state index in [1.165, 1.54) is 5.01 Å². The van der Waals surface area contributed by atoms with Crippen LogP contribution in [0.25, 0.3) is 0 Å². The molecule has 1 saturated heterocycles. The van der Waals surface area contributed by atoms with Gasteiger partial charge in [0.25, 0.3) is 0 Å². The topological polar surface area (TPSA) is 108 Å². The van der Waals surface area contributed by atoms with Crippen LogP contribution in [0.2, 0.25) is 0 Å². The number of hydrazine groups is 2. The number of nitrogens with one attached hydrogen (secondary N) is 2. The average Bonchev–Trinajstić information content (AvgIpc) is 2.55. The molecule has 1 aliphatic rings. The number of rotatable bonds is 4. The number of hydrogen-bond acceptors (Lipinski definition) is 6. The Morgan fingerprint density at radius 3 is 2.69 bits per heavy atom. The summed E-state index contributed by atoms with van der Waals surface area (Å²) in [6.45, 7) is 3.69. The minimum absolute atomic E-state index is 0.169. The molecule has 90 valence electrons. The molecular weight excluding hydrogens is 212 g/mol. The van der Waals surface area contributed by atoms with Crippen LogP contribution in [0.4, 0.5) is 0 Å². The Balaban J connectivity index is 2.98. The predicted molar refractivity (Wildman–Crippen MR) is 56.6 cm³/mol. The summed E-state index contributed by atoms with van der Waals surface area (Å²) in [4.78, 5) is 21.6. The quantitative estimate of drug-likeness (QED) is 0.276. The monoisotopic (exact) mass is 228 g/mol. The minimum atomic E-state index is -0.978. The molecule has 0 aromatic carbocycles. The molecule has 0 aromatic heterocycles. The molecule has 0 aromatic rings. The van der Waals surface area contributed by atoms with Crippen molar-refractivity contribution in [3.8, 4) is 0 Å². The maximum Gasteiger partial charge on any atom is 0.305 e. The summed E-state index contributed by atoms with van der Waals surface area (Å²) < 4.78 is 0. The Morgan fingerprint density at radius 1 is 1.69 bits per heavy atom. The minimum Gasteiger partial charge on any atom is -0.481 e. The van der Waals surface area contributed by atoms with Crippen LogP contribution in [0.3, 0.4) is 0 Å². The third-order valence-electron chi connectivity index (χ3n) is 2.43. The van der Waals surface area contributed by atoms with E-state index < -0.39 is 18.1 Å². The lowest BCUT2D eigenvalue weighted by Crippen LogP contribution is -2.48. The highest BCUT2D eigenvalue weighted by Gasteiger charge is 2.38. The lowest BCUT2D eigenvalue weighted by molar-refractivity contribution is -0.138. The molecule has 0 radical (unpaired) electrons. The second-order valence-electron chi connectivity index (χ2n) is 3.82. The van der Waals surface area contributed by atoms with Crippen LogP contribution in [-0.2, 0) is 9.59 Å². The van der Waals surface area contributed by atoms with Crippen molar-refractivity contribution >= 4 is 12.3 Å². The summed E-state index contributed by atoms with van der Waals surface area (Å²) in [5, 5.41) is 13.2. The first-order valence-electron chi connectivity index (χ1n) is 4.87. The molecule has 0 amide bonds. The van der Waals surface area contributed by atoms with Crippen molar-refractivity contribution in [1.29, 1.82) is 0 Å². The standard InChI is InChI=1S/C9H16N4O3/c1-5(2)9-11-6(4-14)7(3-8(15)16)13(9)12-10/h4,6-7,11-12H,3,10H2,1-2H3,(H,15,16). The van der Waals surface area contributed by atoms with E-state index in [0.717, 1.165) is 5.57 Å². The Morgan fingerprint density at radius 2 is 2.31 bits per heavy atom. The average molecular weight is 228 g/mol. The van der Waals surface area contributed by atoms with Crippen molar-refractivity contribution in [2.75, 3.05) is 0 Å². The number of hydrogen-bond donors (Lipinski definition) is 4. The number of carboxylic acid groups (broad SMARTS) is 1. The third kappa shape index (κ3) is 2.31. The van der Waals surface area contributed by atoms with E-state index in [4.69, 9.17) is 10.9 Å². The van der Waals surface area contributed by atoms with Gasteiger partial charge in [0.05, 0.1) is 12.5 Å². The number of carboxylic acids is 1. The zero-order valence-electron chi connectivity index (χ0n) is 9.23. The first kappa shape index (κ1) is 12.5. The first-order chi connectivity index (χ1) is 7.51. The molecule has 1 rings (SSSR count). The van der Waals surface area contributed by atoms with Crippen LogP contribution in [0.5, 0.6) is 0 Å². The van der Waals surface area contributed by atoms with E-state index >= 15 is 0 Å². The number of carbonyl (C=O) groups is 2. The number of carbonyl (C=O) groups excluding carboxylic acids is 1. The van der Waals surface area contributed by atoms with Crippen LogP contribution in [0.1, 0.15) is 20.3 Å². The first-order valence-corrected chi connectivity index (χ1v) is 4.87. The summed E-state index contributed by atoms with van der Waals surface area (Å²) in [6.07, 6.45) is 0.519. The lowest BCUT2D eigenvalue weighted by Gasteiger charge is -2.24. The van der Waals surface area contributed by atoms with Gasteiger partial charge in [-0.05, 0) is 19.4 Å². The second kappa shape index (κ2) is 4.95. The highest BCUT2D eigenvalue weighted by atomic mass is 16.4. The number of nitrogens with two attached hydrogens (primary N) is 1. The summed E-state index contributed by atoms with van der Waals surface area (Å²) in [6, 6.07) is -1.10. The summed E-state index contributed by atoms with van der Waals surface area (Å²) in [5.41, 5.74) is 3.32. The molecule has 1 heterocycles. The summed E-state index contributed by atoms with van der Waals surface area (Å²) in [5.74, 6) is 5.00. The van der Waals surface area contributed by atoms with Crippen molar-refractivity contribution in [3.63, 3.8) is 0 Å². The number of aldehydes is 1. The predicted octanol–water partition coefficient (Wildman–Crippen LogP) is -1.07. The summed E-state index contributed by atoms with van der Waals surface area (Å²) in [7, 11) is 0. The normalized spacial score (nSPS) is 24.2. The van der Waals surface area contributed by atoms with Crippen LogP contribution < -0.4 is 16.7 Å². The number of aliphatic carboxylic acids is 1. The Bertz CT molecular complexity index is 325. The Hall–Kier alpha value is -1.60. The van der Waals surface area contributed by atoms with Crippen molar-refractivity contribution in [1.82, 2.24) is 15.9 Å². The van der Waals surface area contributed by atoms with Crippen LogP contribution in [0.15, 0.2) is 11.4 Å². The highest BCUT2D eigenvalue weighted by molar-refractivity contribution is 5.70. The molecular formula is C9H16N4O3. The molecule has 1 fully saturated rings. The molecule has 0 spiro atoms. The molecule has 2 atom stereocenters. The van der Waals surface area contributed by atoms with Gasteiger partial charge in [0.15, 0.2) is 0 Å². The second-order valence-corrected chi connectivity index (χ2v) is 3.82. The zero-order valence-corrected chi connectivity index (χ0v) is 9.23. The Kier molecular flexibility index (Phi) is 3.86. The van der Waals surface area contributed by atoms with Gasteiger partial charge in [0.2, 0.25) is 0 Å². The van der Waals surface area contributed by atoms with E-state index in [-0.39, 0.29) is 6.42 Å². The molecule has 1 aliphatic heterocycles. The van der Waals surface area contributed by atoms with Gasteiger partial charge in [-0.1, -0.05) is 0 Å². The van der Waals surface area contributed by atoms with E-state index in [9.17, 15) is 9.59 Å². The van der Waals surface area contributed by atoms with E-state index in [0.29, 0.717) is 12.1 Å². The van der Waals surface area contributed by atoms with Crippen LogP contribution in [0, 0.1) is 0 Å². The van der Waals surface area contributed by atoms with Crippen LogP contribution in [-0.4, -0.2) is 34.5 Å². The molecule has 7 heteroatoms. The number of nitrogens with zero attached hydrogens (tertiary/aromatic N) is 1. The fourth-order valence-corrected chi connectivity index (χ4v) is 1.72. The van der Waals surface area contributed by atoms with Crippen molar-refractivity contribution < 1.29 is 14.7 Å². The van der Waals surface area contributed by atoms with Gasteiger partial charge in [0, 0.05) is 0 Å². The third-order valence-corrected chi connectivity index (χ3v) is 2.43. The van der Waals surface area contributed by atoms with E-state index in [1.807, 2.05) is 13.8 Å². The molecule has 0 aliphatic carbocycles. The Labute approximate surface area is 93.2 Å². The van der Waals surface area contributed by atoms with Gasteiger partial charge in [-0.25, -0.2) is 0 Å². The fraction of sp³-hybridized carbons (Fsp3) is 0.556. The molecule has 0 bridgehead atoms. The fourth-order valence-electron chi connectivity index (χ4n) is 1.72. The SMILES string of the molecule is CC(C)=C1NC(C=O)C(CC(=O)O)N1NN. The number of allylic oxidation sites excluding steroid dienone is 1. The van der Waals surface area contributed by atoms with Gasteiger partial charge < -0.3 is 15.2 Å². The largest absolute Gasteiger partial charge is 0.481 e. The maximum atomic E-state index is 10.9. The van der Waals surface area contributed by atoms with E-state index in [2.05, 4.69) is 10.9 Å². The summed E-state index contributed by atoms with van der Waals surface area (Å²) >= 11 is 0. The van der Waals surface area contributed by atoms with Gasteiger partial charge >= 0.3 is 5.97 Å². The molecule has 5 N–H and O–H groups in total. The van der Waals surface area contributed by atoms with Crippen molar-refractivity contribution in [3.05, 3.63) is 11.4 Å². The van der Waals surface area contributed by atoms with Gasteiger partial charge in [-0.2, -0.15) is 5.53 Å². The van der Waals surface area contributed by atoms with Gasteiger partial charge in [-0.3, -0.25) is 15.6 Å². The molecule has 16 heavy (non-hydrogen) atoms. The van der Waals surface area contributed by atoms with Crippen molar-refractivity contribution in [2.45, 2.75) is 32.4 Å². The zero-order chi connectivity index (χ0) is 12.3. The van der Waals surface area contributed by atoms with Crippen LogP contribution >= 0.6 is 0 Å².